The average molecular weight is 310 g/mol. The molecule has 0 aliphatic carbocycles. The highest BCUT2D eigenvalue weighted by Crippen LogP contribution is 2.19. The number of nitrogens with two attached hydrogens (primary N) is 1. The zero-order valence-corrected chi connectivity index (χ0v) is 13.3. The number of nitrogens with zero attached hydrogens (tertiary/aromatic N) is 1. The summed E-state index contributed by atoms with van der Waals surface area (Å²) in [6.45, 7) is 5.61. The molecular formula is C16H23FN2OS. The number of thiocarbonyl (C=S) groups is 1. The maximum atomic E-state index is 13.3. The van der Waals surface area contributed by atoms with Crippen molar-refractivity contribution in [2.75, 3.05) is 19.7 Å². The molecule has 1 aromatic rings. The smallest absolute Gasteiger partial charge is 0.123 e. The van der Waals surface area contributed by atoms with Crippen molar-refractivity contribution >= 4 is 17.2 Å². The highest BCUT2D eigenvalue weighted by Gasteiger charge is 2.21. The first-order valence-electron chi connectivity index (χ1n) is 7.52. The highest BCUT2D eigenvalue weighted by molar-refractivity contribution is 7.80. The molecule has 1 unspecified atom stereocenters. The molecule has 116 valence electrons. The molecule has 1 saturated heterocycles. The molecule has 2 rings (SSSR count). The summed E-state index contributed by atoms with van der Waals surface area (Å²) in [6, 6.07) is 4.67. The van der Waals surface area contributed by atoms with Crippen molar-refractivity contribution in [3.63, 3.8) is 0 Å². The Morgan fingerprint density at radius 2 is 2.33 bits per heavy atom. The second kappa shape index (κ2) is 7.82. The number of hydrogen-bond donors (Lipinski definition) is 1. The maximum Gasteiger partial charge on any atom is 0.123 e. The number of rotatable bonds is 6. The summed E-state index contributed by atoms with van der Waals surface area (Å²) >= 11 is 5.03. The van der Waals surface area contributed by atoms with E-state index in [1.807, 2.05) is 0 Å². The first-order chi connectivity index (χ1) is 10.1. The van der Waals surface area contributed by atoms with Crippen LogP contribution in [0.4, 0.5) is 4.39 Å². The Hall–Kier alpha value is -1.04. The van der Waals surface area contributed by atoms with Crippen molar-refractivity contribution in [3.8, 4) is 0 Å². The third kappa shape index (κ3) is 4.73. The zero-order valence-electron chi connectivity index (χ0n) is 12.5. The number of hydrogen-bond acceptors (Lipinski definition) is 3. The van der Waals surface area contributed by atoms with Crippen LogP contribution in [0, 0.1) is 5.82 Å². The summed E-state index contributed by atoms with van der Waals surface area (Å²) in [5, 5.41) is 0. The number of halogens is 1. The van der Waals surface area contributed by atoms with E-state index in [2.05, 4.69) is 11.8 Å². The molecule has 1 atom stereocenters. The summed E-state index contributed by atoms with van der Waals surface area (Å²) in [4.78, 5) is 2.58. The summed E-state index contributed by atoms with van der Waals surface area (Å²) in [6.07, 6.45) is 3.58. The van der Waals surface area contributed by atoms with E-state index in [-0.39, 0.29) is 10.8 Å². The number of ether oxygens (including phenoxy) is 1. The van der Waals surface area contributed by atoms with Gasteiger partial charge in [-0.1, -0.05) is 25.2 Å². The van der Waals surface area contributed by atoms with Crippen molar-refractivity contribution in [2.24, 2.45) is 5.73 Å². The second-order valence-electron chi connectivity index (χ2n) is 5.54. The van der Waals surface area contributed by atoms with Gasteiger partial charge in [-0.3, -0.25) is 4.90 Å². The van der Waals surface area contributed by atoms with Gasteiger partial charge in [0.05, 0.1) is 6.10 Å². The van der Waals surface area contributed by atoms with E-state index >= 15 is 0 Å². The molecule has 3 nitrogen and oxygen atoms in total. The largest absolute Gasteiger partial charge is 0.389 e. The molecule has 1 heterocycles. The minimum Gasteiger partial charge on any atom is -0.389 e. The number of likely N-dealkylation sites (tertiary alicyclic amines) is 1. The molecular weight excluding hydrogens is 287 g/mol. The molecule has 5 heteroatoms. The normalized spacial score (nSPS) is 19.6. The van der Waals surface area contributed by atoms with Gasteiger partial charge in [0.25, 0.3) is 0 Å². The van der Waals surface area contributed by atoms with Crippen molar-refractivity contribution in [3.05, 3.63) is 35.1 Å². The molecule has 2 N–H and O–H groups in total. The first-order valence-corrected chi connectivity index (χ1v) is 7.93. The monoisotopic (exact) mass is 310 g/mol. The molecule has 1 aromatic carbocycles. The van der Waals surface area contributed by atoms with Crippen LogP contribution >= 0.6 is 12.2 Å². The Morgan fingerprint density at radius 1 is 1.52 bits per heavy atom. The predicted octanol–water partition coefficient (Wildman–Crippen LogP) is 2.85. The van der Waals surface area contributed by atoms with E-state index in [1.54, 1.807) is 6.07 Å². The summed E-state index contributed by atoms with van der Waals surface area (Å²) in [5.74, 6) is -0.302. The molecule has 1 aliphatic heterocycles. The Morgan fingerprint density at radius 3 is 3.05 bits per heavy atom. The highest BCUT2D eigenvalue weighted by atomic mass is 32.1. The van der Waals surface area contributed by atoms with Gasteiger partial charge in [-0.05, 0) is 43.5 Å². The van der Waals surface area contributed by atoms with E-state index in [0.29, 0.717) is 11.7 Å². The van der Waals surface area contributed by atoms with Crippen LogP contribution in [-0.2, 0) is 11.3 Å². The molecule has 0 saturated carbocycles. The number of piperidine rings is 1. The van der Waals surface area contributed by atoms with Gasteiger partial charge in [-0.2, -0.15) is 0 Å². The van der Waals surface area contributed by atoms with Gasteiger partial charge in [0.2, 0.25) is 0 Å². The lowest BCUT2D eigenvalue weighted by Crippen LogP contribution is -2.39. The first kappa shape index (κ1) is 16.3. The van der Waals surface area contributed by atoms with Crippen molar-refractivity contribution in [1.29, 1.82) is 0 Å². The van der Waals surface area contributed by atoms with Crippen LogP contribution < -0.4 is 5.73 Å². The fourth-order valence-corrected chi connectivity index (χ4v) is 2.92. The van der Waals surface area contributed by atoms with Crippen molar-refractivity contribution < 1.29 is 9.13 Å². The Bertz CT molecular complexity index is 495. The molecule has 0 aromatic heterocycles. The maximum absolute atomic E-state index is 13.3. The quantitative estimate of drug-likeness (QED) is 0.820. The number of benzene rings is 1. The minimum absolute atomic E-state index is 0.250. The Labute approximate surface area is 131 Å². The topological polar surface area (TPSA) is 38.5 Å². The lowest BCUT2D eigenvalue weighted by molar-refractivity contribution is -0.00224. The van der Waals surface area contributed by atoms with Crippen LogP contribution in [0.25, 0.3) is 0 Å². The van der Waals surface area contributed by atoms with E-state index in [4.69, 9.17) is 22.7 Å². The van der Waals surface area contributed by atoms with Gasteiger partial charge in [0.1, 0.15) is 10.8 Å². The SMILES string of the molecule is CCCOC1CCCN(Cc2ccc(F)cc2C(N)=S)C1. The van der Waals surface area contributed by atoms with Gasteiger partial charge in [-0.15, -0.1) is 0 Å². The zero-order chi connectivity index (χ0) is 15.2. The second-order valence-corrected chi connectivity index (χ2v) is 5.98. The standard InChI is InChI=1S/C16H23FN2OS/c1-2-8-20-14-4-3-7-19(11-14)10-12-5-6-13(17)9-15(12)16(18)21/h5-6,9,14H,2-4,7-8,10-11H2,1H3,(H2,18,21). The van der Waals surface area contributed by atoms with Gasteiger partial charge in [0, 0.05) is 25.3 Å². The van der Waals surface area contributed by atoms with E-state index in [0.717, 1.165) is 51.1 Å². The predicted molar refractivity (Wildman–Crippen MR) is 86.8 cm³/mol. The lowest BCUT2D eigenvalue weighted by atomic mass is 10.0. The lowest BCUT2D eigenvalue weighted by Gasteiger charge is -2.33. The van der Waals surface area contributed by atoms with Crippen LogP contribution in [-0.4, -0.2) is 35.7 Å². The van der Waals surface area contributed by atoms with Crippen LogP contribution in [0.1, 0.15) is 37.3 Å². The summed E-state index contributed by atoms with van der Waals surface area (Å²) < 4.78 is 19.2. The van der Waals surface area contributed by atoms with Crippen LogP contribution in [0.5, 0.6) is 0 Å². The molecule has 0 spiro atoms. The van der Waals surface area contributed by atoms with Crippen LogP contribution in [0.2, 0.25) is 0 Å². The average Bonchev–Trinajstić information content (AvgIpc) is 2.47. The molecule has 0 amide bonds. The van der Waals surface area contributed by atoms with Gasteiger partial charge in [-0.25, -0.2) is 4.39 Å². The molecule has 1 aliphatic rings. The van der Waals surface area contributed by atoms with Gasteiger partial charge < -0.3 is 10.5 Å². The van der Waals surface area contributed by atoms with Crippen molar-refractivity contribution in [1.82, 2.24) is 4.90 Å². The van der Waals surface area contributed by atoms with Gasteiger partial charge in [0.15, 0.2) is 0 Å². The minimum atomic E-state index is -0.302. The Balaban J connectivity index is 2.02. The van der Waals surface area contributed by atoms with E-state index in [9.17, 15) is 4.39 Å². The Kier molecular flexibility index (Phi) is 6.08. The molecule has 0 bridgehead atoms. The molecule has 21 heavy (non-hydrogen) atoms. The summed E-state index contributed by atoms with van der Waals surface area (Å²) in [7, 11) is 0. The molecule has 1 fully saturated rings. The van der Waals surface area contributed by atoms with Crippen molar-refractivity contribution in [2.45, 2.75) is 38.8 Å². The third-order valence-corrected chi connectivity index (χ3v) is 3.97. The third-order valence-electron chi connectivity index (χ3n) is 3.75. The van der Waals surface area contributed by atoms with E-state index in [1.165, 1.54) is 12.1 Å². The van der Waals surface area contributed by atoms with E-state index < -0.39 is 0 Å². The molecule has 0 radical (unpaired) electrons. The van der Waals surface area contributed by atoms with Gasteiger partial charge >= 0.3 is 0 Å². The van der Waals surface area contributed by atoms with Crippen LogP contribution in [0.15, 0.2) is 18.2 Å². The van der Waals surface area contributed by atoms with Crippen LogP contribution in [0.3, 0.4) is 0 Å². The fraction of sp³-hybridized carbons (Fsp3) is 0.562. The fourth-order valence-electron chi connectivity index (χ4n) is 2.73. The summed E-state index contributed by atoms with van der Waals surface area (Å²) in [5.41, 5.74) is 7.33.